The van der Waals surface area contributed by atoms with Crippen LogP contribution in [0.25, 0.3) is 33.6 Å². The number of carbonyl (C=O) groups excluding carboxylic acids is 2. The summed E-state index contributed by atoms with van der Waals surface area (Å²) in [6, 6.07) is 27.6. The minimum absolute atomic E-state index is 0.234. The largest absolute Gasteiger partial charge is 0.478 e. The number of halogens is 7. The minimum atomic E-state index is -6.20. The number of alkyl halides is 6. The Hall–Kier alpha value is -6.41. The van der Waals surface area contributed by atoms with E-state index in [4.69, 9.17) is 4.98 Å². The van der Waals surface area contributed by atoms with Crippen LogP contribution in [-0.2, 0) is 11.8 Å². The Morgan fingerprint density at radius 2 is 0.983 bits per heavy atom. The molecule has 0 aliphatic carbocycles. The molecule has 6 rings (SSSR count). The van der Waals surface area contributed by atoms with E-state index >= 15 is 26.3 Å². The molecule has 2 N–H and O–H groups in total. The van der Waals surface area contributed by atoms with Crippen molar-refractivity contribution in [3.8, 4) is 33.6 Å². The number of aromatic carboxylic acids is 2. The number of hydrogen-bond acceptors (Lipinski definition) is 5. The first-order chi connectivity index (χ1) is 28.2. The molecule has 14 heteroatoms. The first-order valence-electron chi connectivity index (χ1n) is 18.1. The van der Waals surface area contributed by atoms with Gasteiger partial charge in [0.1, 0.15) is 0 Å². The molecule has 0 saturated carbocycles. The van der Waals surface area contributed by atoms with Crippen LogP contribution in [-0.4, -0.2) is 51.1 Å². The highest BCUT2D eigenvalue weighted by atomic mass is 79.9. The molecule has 0 spiro atoms. The van der Waals surface area contributed by atoms with Gasteiger partial charge in [0.15, 0.2) is 11.6 Å². The standard InChI is InChI=1S/C46H32BrF6NO6/c1-3-40(55)36-23-31(14-18-34(36)42(57)58)44(45(48,49)50,46(51,52)53)32-15-19-35(43(59)60)37(24-32)41(56)20-26-6-10-29(11-7-26)39-22-30(27-12-16-33(47)17-13-27)21-38(54-39)28-8-4-25(2)5-9-28/h4-19,21-24H,3,20H2,1-2H3,(H,57,58)(H,59,60). The van der Waals surface area contributed by atoms with Crippen LogP contribution in [0.1, 0.15) is 77.0 Å². The lowest BCUT2D eigenvalue weighted by molar-refractivity contribution is -0.288. The summed E-state index contributed by atoms with van der Waals surface area (Å²) < 4.78 is 92.0. The molecule has 7 nitrogen and oxygen atoms in total. The third-order valence-corrected chi connectivity index (χ3v) is 10.6. The highest BCUT2D eigenvalue weighted by molar-refractivity contribution is 9.10. The van der Waals surface area contributed by atoms with Gasteiger partial charge in [0.25, 0.3) is 0 Å². The lowest BCUT2D eigenvalue weighted by Gasteiger charge is -2.38. The monoisotopic (exact) mass is 887 g/mol. The summed E-state index contributed by atoms with van der Waals surface area (Å²) in [6.45, 7) is 3.21. The van der Waals surface area contributed by atoms with Crippen molar-refractivity contribution < 1.29 is 55.7 Å². The minimum Gasteiger partial charge on any atom is -0.478 e. The zero-order chi connectivity index (χ0) is 43.7. The number of ketones is 2. The number of rotatable bonds is 12. The molecule has 0 aliphatic rings. The second-order valence-electron chi connectivity index (χ2n) is 13.9. The molecule has 6 aromatic rings. The number of nitrogens with zero attached hydrogens (tertiary/aromatic N) is 1. The average molecular weight is 889 g/mol. The number of hydrogen-bond donors (Lipinski definition) is 2. The van der Waals surface area contributed by atoms with E-state index < -0.39 is 87.5 Å². The molecule has 0 unspecified atom stereocenters. The third kappa shape index (κ3) is 8.37. The summed E-state index contributed by atoms with van der Waals surface area (Å²) in [6.07, 6.45) is -13.5. The lowest BCUT2D eigenvalue weighted by Crippen LogP contribution is -2.55. The highest BCUT2D eigenvalue weighted by Gasteiger charge is 2.72. The maximum Gasteiger partial charge on any atom is 0.411 e. The molecule has 0 saturated heterocycles. The second-order valence-corrected chi connectivity index (χ2v) is 14.9. The summed E-state index contributed by atoms with van der Waals surface area (Å²) in [5.41, 5.74) is -5.75. The van der Waals surface area contributed by atoms with Gasteiger partial charge in [0.05, 0.1) is 22.5 Å². The number of carbonyl (C=O) groups is 4. The third-order valence-electron chi connectivity index (χ3n) is 10.1. The van der Waals surface area contributed by atoms with Crippen molar-refractivity contribution in [3.05, 3.63) is 170 Å². The van der Waals surface area contributed by atoms with Gasteiger partial charge < -0.3 is 10.2 Å². The Balaban J connectivity index is 1.42. The molecule has 0 amide bonds. The lowest BCUT2D eigenvalue weighted by atomic mass is 9.71. The van der Waals surface area contributed by atoms with Crippen LogP contribution in [0.5, 0.6) is 0 Å². The number of aryl methyl sites for hydroxylation is 1. The SMILES string of the molecule is CCC(=O)c1cc(C(c2ccc(C(=O)O)c(C(=O)Cc3ccc(-c4cc(-c5ccc(Br)cc5)cc(-c5ccc(C)cc5)n4)cc3)c2)(C(F)(F)F)C(F)(F)F)ccc1C(=O)O. The Morgan fingerprint density at radius 3 is 1.42 bits per heavy atom. The number of carboxylic acid groups (broad SMARTS) is 2. The Morgan fingerprint density at radius 1 is 0.550 bits per heavy atom. The fraction of sp³-hybridized carbons (Fsp3) is 0.152. The molecule has 306 valence electrons. The van der Waals surface area contributed by atoms with Crippen molar-refractivity contribution in [2.45, 2.75) is 44.5 Å². The Kier molecular flexibility index (Phi) is 12.0. The van der Waals surface area contributed by atoms with E-state index in [9.17, 15) is 29.4 Å². The van der Waals surface area contributed by atoms with Gasteiger partial charge in [-0.25, -0.2) is 14.6 Å². The summed E-state index contributed by atoms with van der Waals surface area (Å²) in [5.74, 6) is -5.67. The van der Waals surface area contributed by atoms with Crippen molar-refractivity contribution in [1.82, 2.24) is 4.98 Å². The van der Waals surface area contributed by atoms with Crippen molar-refractivity contribution >= 4 is 39.4 Å². The van der Waals surface area contributed by atoms with E-state index in [1.165, 1.54) is 19.1 Å². The molecular formula is C46H32BrF6NO6. The van der Waals surface area contributed by atoms with Gasteiger partial charge in [-0.05, 0) is 83.3 Å². The van der Waals surface area contributed by atoms with Crippen molar-refractivity contribution in [1.29, 1.82) is 0 Å². The first-order valence-corrected chi connectivity index (χ1v) is 18.9. The van der Waals surface area contributed by atoms with Gasteiger partial charge in [-0.15, -0.1) is 0 Å². The van der Waals surface area contributed by atoms with Crippen molar-refractivity contribution in [2.24, 2.45) is 0 Å². The number of carboxylic acids is 2. The molecule has 60 heavy (non-hydrogen) atoms. The summed E-state index contributed by atoms with van der Waals surface area (Å²) >= 11 is 3.45. The van der Waals surface area contributed by atoms with Gasteiger partial charge >= 0.3 is 24.3 Å². The summed E-state index contributed by atoms with van der Waals surface area (Å²) in [7, 11) is 0. The van der Waals surface area contributed by atoms with E-state index in [1.54, 1.807) is 12.1 Å². The van der Waals surface area contributed by atoms with Crippen LogP contribution in [0.15, 0.2) is 126 Å². The number of pyridine rings is 1. The normalized spacial score (nSPS) is 11.9. The Labute approximate surface area is 347 Å². The predicted octanol–water partition coefficient (Wildman–Crippen LogP) is 12.0. The van der Waals surface area contributed by atoms with Crippen LogP contribution >= 0.6 is 15.9 Å². The quantitative estimate of drug-likeness (QED) is 0.0927. The van der Waals surface area contributed by atoms with Crippen LogP contribution in [0.4, 0.5) is 26.3 Å². The van der Waals surface area contributed by atoms with Gasteiger partial charge in [-0.1, -0.05) is 101 Å². The van der Waals surface area contributed by atoms with E-state index in [1.807, 2.05) is 67.6 Å². The van der Waals surface area contributed by atoms with Gasteiger partial charge in [-0.3, -0.25) is 9.59 Å². The molecule has 0 aliphatic heterocycles. The van der Waals surface area contributed by atoms with Crippen LogP contribution in [0.3, 0.4) is 0 Å². The van der Waals surface area contributed by atoms with Gasteiger partial charge in [0, 0.05) is 39.6 Å². The number of Topliss-reactive ketones (excluding diaryl/α,β-unsaturated/α-hetero) is 2. The van der Waals surface area contributed by atoms with Crippen molar-refractivity contribution in [2.75, 3.05) is 0 Å². The molecule has 0 atom stereocenters. The number of benzene rings is 5. The smallest absolute Gasteiger partial charge is 0.411 e. The van der Waals surface area contributed by atoms with Crippen LogP contribution in [0.2, 0.25) is 0 Å². The van der Waals surface area contributed by atoms with E-state index in [0.717, 1.165) is 26.7 Å². The van der Waals surface area contributed by atoms with Gasteiger partial charge in [-0.2, -0.15) is 26.3 Å². The molecule has 1 aromatic heterocycles. The fourth-order valence-electron chi connectivity index (χ4n) is 7.00. The zero-order valence-corrected chi connectivity index (χ0v) is 33.2. The Bertz CT molecular complexity index is 2560. The molecule has 1 heterocycles. The van der Waals surface area contributed by atoms with E-state index in [2.05, 4.69) is 15.9 Å². The fourth-order valence-corrected chi connectivity index (χ4v) is 7.26. The molecular weight excluding hydrogens is 856 g/mol. The highest BCUT2D eigenvalue weighted by Crippen LogP contribution is 2.56. The molecule has 5 aromatic carbocycles. The maximum atomic E-state index is 15.2. The van der Waals surface area contributed by atoms with Gasteiger partial charge in [0.2, 0.25) is 5.41 Å². The number of aromatic nitrogens is 1. The second kappa shape index (κ2) is 16.7. The molecule has 0 bridgehead atoms. The maximum absolute atomic E-state index is 15.2. The summed E-state index contributed by atoms with van der Waals surface area (Å²) in [5, 5.41) is 19.5. The summed E-state index contributed by atoms with van der Waals surface area (Å²) in [4.78, 5) is 55.3. The topological polar surface area (TPSA) is 122 Å². The van der Waals surface area contributed by atoms with Crippen LogP contribution < -0.4 is 0 Å². The zero-order valence-electron chi connectivity index (χ0n) is 31.6. The van der Waals surface area contributed by atoms with Crippen LogP contribution in [0, 0.1) is 6.92 Å². The van der Waals surface area contributed by atoms with E-state index in [0.29, 0.717) is 41.2 Å². The van der Waals surface area contributed by atoms with E-state index in [-0.39, 0.29) is 17.7 Å². The average Bonchev–Trinajstić information content (AvgIpc) is 3.20. The van der Waals surface area contributed by atoms with Crippen molar-refractivity contribution in [3.63, 3.8) is 0 Å². The predicted molar refractivity (Wildman–Crippen MR) is 215 cm³/mol. The molecule has 0 radical (unpaired) electrons. The first kappa shape index (κ1) is 43.2. The molecule has 0 fully saturated rings.